The SMILES string of the molecule is C.CCCc1nc(-c2cccc(Cl)c2)[nH]c1C. The minimum atomic E-state index is 0. The van der Waals surface area contributed by atoms with E-state index in [1.165, 1.54) is 0 Å². The lowest BCUT2D eigenvalue weighted by Gasteiger charge is -1.96. The number of nitrogens with zero attached hydrogens (tertiary/aromatic N) is 1. The van der Waals surface area contributed by atoms with E-state index >= 15 is 0 Å². The van der Waals surface area contributed by atoms with E-state index in [1.54, 1.807) is 0 Å². The number of aromatic nitrogens is 2. The number of aromatic amines is 1. The Kier molecular flexibility index (Phi) is 4.76. The summed E-state index contributed by atoms with van der Waals surface area (Å²) in [6.07, 6.45) is 2.13. The first-order chi connectivity index (χ1) is 7.70. The van der Waals surface area contributed by atoms with Gasteiger partial charge in [-0.05, 0) is 25.5 Å². The predicted molar refractivity (Wildman–Crippen MR) is 74.5 cm³/mol. The summed E-state index contributed by atoms with van der Waals surface area (Å²) in [4.78, 5) is 7.90. The summed E-state index contributed by atoms with van der Waals surface area (Å²) in [5.41, 5.74) is 3.34. The molecule has 0 aliphatic rings. The fraction of sp³-hybridized carbons (Fsp3) is 0.357. The number of aryl methyl sites for hydroxylation is 2. The lowest BCUT2D eigenvalue weighted by atomic mass is 10.2. The van der Waals surface area contributed by atoms with Crippen LogP contribution in [-0.2, 0) is 6.42 Å². The fourth-order valence-corrected chi connectivity index (χ4v) is 1.94. The van der Waals surface area contributed by atoms with Gasteiger partial charge in [0.2, 0.25) is 0 Å². The van der Waals surface area contributed by atoms with Crippen LogP contribution >= 0.6 is 11.6 Å². The summed E-state index contributed by atoms with van der Waals surface area (Å²) in [6, 6.07) is 7.75. The molecule has 3 heteroatoms. The van der Waals surface area contributed by atoms with Crippen molar-refractivity contribution in [2.45, 2.75) is 34.1 Å². The first-order valence-corrected chi connectivity index (χ1v) is 5.90. The smallest absolute Gasteiger partial charge is 0.137 e. The Labute approximate surface area is 108 Å². The number of nitrogens with one attached hydrogen (secondary N) is 1. The largest absolute Gasteiger partial charge is 0.342 e. The average Bonchev–Trinajstić information content (AvgIpc) is 2.61. The Bertz CT molecular complexity index is 489. The van der Waals surface area contributed by atoms with Crippen LogP contribution in [-0.4, -0.2) is 9.97 Å². The van der Waals surface area contributed by atoms with Crippen LogP contribution in [0.4, 0.5) is 0 Å². The molecule has 2 nitrogen and oxygen atoms in total. The predicted octanol–water partition coefficient (Wildman–Crippen LogP) is 4.63. The normalized spacial score (nSPS) is 10.1. The van der Waals surface area contributed by atoms with Gasteiger partial charge in [0.05, 0.1) is 5.69 Å². The maximum atomic E-state index is 5.96. The van der Waals surface area contributed by atoms with Gasteiger partial charge in [0.25, 0.3) is 0 Å². The number of H-pyrrole nitrogens is 1. The molecule has 0 spiro atoms. The molecular formula is C14H19ClN2. The molecule has 92 valence electrons. The number of hydrogen-bond donors (Lipinski definition) is 1. The molecule has 0 bridgehead atoms. The minimum absolute atomic E-state index is 0. The molecule has 0 saturated carbocycles. The van der Waals surface area contributed by atoms with Crippen molar-refractivity contribution in [1.82, 2.24) is 9.97 Å². The van der Waals surface area contributed by atoms with Crippen LogP contribution in [0.1, 0.15) is 32.2 Å². The van der Waals surface area contributed by atoms with Crippen LogP contribution in [0.25, 0.3) is 11.4 Å². The van der Waals surface area contributed by atoms with Crippen molar-refractivity contribution in [2.24, 2.45) is 0 Å². The lowest BCUT2D eigenvalue weighted by molar-refractivity contribution is 0.883. The van der Waals surface area contributed by atoms with Gasteiger partial charge in [-0.2, -0.15) is 0 Å². The Hall–Kier alpha value is -1.28. The number of hydrogen-bond acceptors (Lipinski definition) is 1. The van der Waals surface area contributed by atoms with E-state index < -0.39 is 0 Å². The molecule has 1 heterocycles. The maximum absolute atomic E-state index is 5.96. The van der Waals surface area contributed by atoms with Crippen LogP contribution in [0, 0.1) is 6.92 Å². The topological polar surface area (TPSA) is 28.7 Å². The third-order valence-electron chi connectivity index (χ3n) is 2.57. The van der Waals surface area contributed by atoms with Gasteiger partial charge in [-0.15, -0.1) is 0 Å². The molecule has 1 N–H and O–H groups in total. The van der Waals surface area contributed by atoms with Gasteiger partial charge in [-0.3, -0.25) is 0 Å². The highest BCUT2D eigenvalue weighted by Crippen LogP contribution is 2.21. The molecular weight excluding hydrogens is 232 g/mol. The van der Waals surface area contributed by atoms with E-state index in [0.717, 1.165) is 40.6 Å². The number of rotatable bonds is 3. The minimum Gasteiger partial charge on any atom is -0.342 e. The molecule has 17 heavy (non-hydrogen) atoms. The Morgan fingerprint density at radius 2 is 2.12 bits per heavy atom. The summed E-state index contributed by atoms with van der Waals surface area (Å²) in [5.74, 6) is 0.906. The molecule has 0 amide bonds. The first-order valence-electron chi connectivity index (χ1n) is 5.52. The third-order valence-corrected chi connectivity index (χ3v) is 2.81. The second-order valence-corrected chi connectivity index (χ2v) is 4.35. The molecule has 1 aromatic carbocycles. The fourth-order valence-electron chi connectivity index (χ4n) is 1.75. The quantitative estimate of drug-likeness (QED) is 0.846. The average molecular weight is 251 g/mol. The highest BCUT2D eigenvalue weighted by molar-refractivity contribution is 6.30. The molecule has 2 rings (SSSR count). The molecule has 0 aliphatic carbocycles. The van der Waals surface area contributed by atoms with Gasteiger partial charge < -0.3 is 4.98 Å². The van der Waals surface area contributed by atoms with Crippen molar-refractivity contribution in [3.05, 3.63) is 40.7 Å². The zero-order valence-corrected chi connectivity index (χ0v) is 10.3. The van der Waals surface area contributed by atoms with E-state index in [0.29, 0.717) is 0 Å². The van der Waals surface area contributed by atoms with Crippen molar-refractivity contribution in [2.75, 3.05) is 0 Å². The van der Waals surface area contributed by atoms with Crippen molar-refractivity contribution < 1.29 is 0 Å². The molecule has 0 fully saturated rings. The van der Waals surface area contributed by atoms with Crippen molar-refractivity contribution in [1.29, 1.82) is 0 Å². The van der Waals surface area contributed by atoms with Crippen molar-refractivity contribution >= 4 is 11.6 Å². The van der Waals surface area contributed by atoms with Crippen molar-refractivity contribution in [3.8, 4) is 11.4 Å². The number of imidazole rings is 1. The molecule has 1 aromatic heterocycles. The van der Waals surface area contributed by atoms with Crippen molar-refractivity contribution in [3.63, 3.8) is 0 Å². The lowest BCUT2D eigenvalue weighted by Crippen LogP contribution is -1.85. The Morgan fingerprint density at radius 1 is 1.35 bits per heavy atom. The van der Waals surface area contributed by atoms with Gasteiger partial charge >= 0.3 is 0 Å². The van der Waals surface area contributed by atoms with E-state index in [4.69, 9.17) is 11.6 Å². The Balaban J connectivity index is 0.00000144. The maximum Gasteiger partial charge on any atom is 0.137 e. The zero-order valence-electron chi connectivity index (χ0n) is 9.55. The second kappa shape index (κ2) is 5.87. The zero-order chi connectivity index (χ0) is 11.5. The van der Waals surface area contributed by atoms with Crippen LogP contribution in [0.2, 0.25) is 5.02 Å². The monoisotopic (exact) mass is 250 g/mol. The van der Waals surface area contributed by atoms with Gasteiger partial charge in [0, 0.05) is 16.3 Å². The van der Waals surface area contributed by atoms with E-state index in [2.05, 4.69) is 23.8 Å². The standard InChI is InChI=1S/C13H15ClN2.CH4/c1-3-5-12-9(2)15-13(16-12)10-6-4-7-11(14)8-10;/h4,6-8H,3,5H2,1-2H3,(H,15,16);1H4. The molecule has 2 aromatic rings. The Morgan fingerprint density at radius 3 is 2.76 bits per heavy atom. The van der Waals surface area contributed by atoms with E-state index in [9.17, 15) is 0 Å². The number of halogens is 1. The first kappa shape index (κ1) is 13.8. The summed E-state index contributed by atoms with van der Waals surface area (Å²) < 4.78 is 0. The van der Waals surface area contributed by atoms with Crippen LogP contribution in [0.15, 0.2) is 24.3 Å². The molecule has 0 aliphatic heterocycles. The third kappa shape index (κ3) is 3.10. The van der Waals surface area contributed by atoms with Gasteiger partial charge in [0.1, 0.15) is 5.82 Å². The van der Waals surface area contributed by atoms with Gasteiger partial charge in [-0.1, -0.05) is 44.5 Å². The summed E-state index contributed by atoms with van der Waals surface area (Å²) in [5, 5.41) is 0.739. The van der Waals surface area contributed by atoms with Crippen LogP contribution in [0.5, 0.6) is 0 Å². The molecule has 0 saturated heterocycles. The van der Waals surface area contributed by atoms with Gasteiger partial charge in [-0.25, -0.2) is 4.98 Å². The molecule has 0 unspecified atom stereocenters. The summed E-state index contributed by atoms with van der Waals surface area (Å²) in [6.45, 7) is 4.22. The summed E-state index contributed by atoms with van der Waals surface area (Å²) in [7, 11) is 0. The van der Waals surface area contributed by atoms with Crippen LogP contribution < -0.4 is 0 Å². The van der Waals surface area contributed by atoms with Crippen LogP contribution in [0.3, 0.4) is 0 Å². The molecule has 0 radical (unpaired) electrons. The van der Waals surface area contributed by atoms with E-state index in [1.807, 2.05) is 24.3 Å². The van der Waals surface area contributed by atoms with Gasteiger partial charge in [0.15, 0.2) is 0 Å². The van der Waals surface area contributed by atoms with E-state index in [-0.39, 0.29) is 7.43 Å². The second-order valence-electron chi connectivity index (χ2n) is 3.92. The highest BCUT2D eigenvalue weighted by atomic mass is 35.5. The number of benzene rings is 1. The molecule has 0 atom stereocenters. The highest BCUT2D eigenvalue weighted by Gasteiger charge is 2.07. The summed E-state index contributed by atoms with van der Waals surface area (Å²) >= 11 is 5.96.